The van der Waals surface area contributed by atoms with E-state index in [9.17, 15) is 0 Å². The molecule has 2 fully saturated rings. The van der Waals surface area contributed by atoms with Crippen LogP contribution in [0.3, 0.4) is 0 Å². The molecular weight excluding hydrogens is 184 g/mol. The van der Waals surface area contributed by atoms with Crippen LogP contribution >= 0.6 is 0 Å². The Morgan fingerprint density at radius 1 is 1.13 bits per heavy atom. The smallest absolute Gasteiger partial charge is 0.0101 e. The van der Waals surface area contributed by atoms with E-state index in [1.807, 2.05) is 0 Å². The molecular formula is C13H26N2. The van der Waals surface area contributed by atoms with E-state index in [2.05, 4.69) is 24.1 Å². The highest BCUT2D eigenvalue weighted by atomic mass is 15.2. The summed E-state index contributed by atoms with van der Waals surface area (Å²) in [6, 6.07) is 0.887. The number of hydrogen-bond acceptors (Lipinski definition) is 2. The van der Waals surface area contributed by atoms with E-state index in [1.165, 1.54) is 58.3 Å². The first-order valence-electron chi connectivity index (χ1n) is 6.62. The zero-order valence-electron chi connectivity index (χ0n) is 10.4. The molecule has 1 aliphatic heterocycles. The summed E-state index contributed by atoms with van der Waals surface area (Å²) in [4.78, 5) is 2.76. The molecule has 0 amide bonds. The second-order valence-corrected chi connectivity index (χ2v) is 6.05. The lowest BCUT2D eigenvalue weighted by Crippen LogP contribution is -2.40. The van der Waals surface area contributed by atoms with E-state index >= 15 is 0 Å². The molecule has 0 aromatic rings. The van der Waals surface area contributed by atoms with Gasteiger partial charge in [0.25, 0.3) is 0 Å². The Morgan fingerprint density at radius 3 is 2.33 bits per heavy atom. The van der Waals surface area contributed by atoms with Crippen LogP contribution in [0.15, 0.2) is 0 Å². The third kappa shape index (κ3) is 3.18. The van der Waals surface area contributed by atoms with Gasteiger partial charge < -0.3 is 10.2 Å². The summed E-state index contributed by atoms with van der Waals surface area (Å²) in [5.74, 6) is 0. The Kier molecular flexibility index (Phi) is 3.68. The Labute approximate surface area is 94.4 Å². The minimum atomic E-state index is 0.602. The molecule has 88 valence electrons. The van der Waals surface area contributed by atoms with Crippen molar-refractivity contribution < 1.29 is 0 Å². The van der Waals surface area contributed by atoms with Crippen LogP contribution in [-0.2, 0) is 0 Å². The second kappa shape index (κ2) is 4.84. The lowest BCUT2D eigenvalue weighted by atomic mass is 9.91. The summed E-state index contributed by atoms with van der Waals surface area (Å²) in [5.41, 5.74) is 0.602. The molecule has 0 spiro atoms. The van der Waals surface area contributed by atoms with Gasteiger partial charge in [-0.05, 0) is 63.7 Å². The first-order valence-corrected chi connectivity index (χ1v) is 6.62. The zero-order valence-corrected chi connectivity index (χ0v) is 10.4. The van der Waals surface area contributed by atoms with Crippen molar-refractivity contribution >= 4 is 0 Å². The van der Waals surface area contributed by atoms with Gasteiger partial charge in [0.05, 0.1) is 0 Å². The van der Waals surface area contributed by atoms with Crippen molar-refractivity contribution in [2.24, 2.45) is 5.41 Å². The van der Waals surface area contributed by atoms with Gasteiger partial charge in [-0.15, -0.1) is 0 Å². The van der Waals surface area contributed by atoms with E-state index < -0.39 is 0 Å². The maximum absolute atomic E-state index is 3.49. The van der Waals surface area contributed by atoms with Gasteiger partial charge in [0, 0.05) is 6.04 Å². The number of rotatable bonds is 1. The maximum atomic E-state index is 3.49. The molecule has 2 aliphatic rings. The summed E-state index contributed by atoms with van der Waals surface area (Å²) >= 11 is 0. The van der Waals surface area contributed by atoms with Crippen molar-refractivity contribution in [3.8, 4) is 0 Å². The van der Waals surface area contributed by atoms with Crippen LogP contribution in [0.4, 0.5) is 0 Å². The Morgan fingerprint density at radius 2 is 1.80 bits per heavy atom. The summed E-state index contributed by atoms with van der Waals surface area (Å²) in [6.45, 7) is 9.91. The highest BCUT2D eigenvalue weighted by molar-refractivity contribution is 4.88. The molecule has 0 bridgehead atoms. The highest BCUT2D eigenvalue weighted by Gasteiger charge is 2.33. The van der Waals surface area contributed by atoms with E-state index in [1.54, 1.807) is 0 Å². The fraction of sp³-hybridized carbons (Fsp3) is 1.00. The first-order chi connectivity index (χ1) is 7.17. The van der Waals surface area contributed by atoms with Crippen molar-refractivity contribution in [3.63, 3.8) is 0 Å². The molecule has 15 heavy (non-hydrogen) atoms. The van der Waals surface area contributed by atoms with Crippen LogP contribution in [0.2, 0.25) is 0 Å². The lowest BCUT2D eigenvalue weighted by Gasteiger charge is -2.31. The number of nitrogens with one attached hydrogen (secondary N) is 1. The first kappa shape index (κ1) is 11.4. The van der Waals surface area contributed by atoms with Crippen molar-refractivity contribution in [1.29, 1.82) is 0 Å². The van der Waals surface area contributed by atoms with Crippen LogP contribution in [0.5, 0.6) is 0 Å². The third-order valence-electron chi connectivity index (χ3n) is 4.06. The van der Waals surface area contributed by atoms with Gasteiger partial charge in [-0.3, -0.25) is 0 Å². The normalized spacial score (nSPS) is 33.6. The summed E-state index contributed by atoms with van der Waals surface area (Å²) < 4.78 is 0. The maximum Gasteiger partial charge on any atom is 0.0101 e. The van der Waals surface area contributed by atoms with Crippen LogP contribution < -0.4 is 5.32 Å². The molecule has 1 saturated heterocycles. The molecule has 0 radical (unpaired) electrons. The second-order valence-electron chi connectivity index (χ2n) is 6.05. The molecule has 1 atom stereocenters. The highest BCUT2D eigenvalue weighted by Crippen LogP contribution is 2.39. The van der Waals surface area contributed by atoms with Gasteiger partial charge in [0.1, 0.15) is 0 Å². The van der Waals surface area contributed by atoms with Gasteiger partial charge in [0.2, 0.25) is 0 Å². The molecule has 0 aromatic heterocycles. The quantitative estimate of drug-likeness (QED) is 0.714. The van der Waals surface area contributed by atoms with Crippen LogP contribution in [0.1, 0.15) is 46.0 Å². The fourth-order valence-electron chi connectivity index (χ4n) is 3.13. The minimum Gasteiger partial charge on any atom is -0.317 e. The molecule has 2 rings (SSSR count). The average Bonchev–Trinajstić information content (AvgIpc) is 2.45. The summed E-state index contributed by atoms with van der Waals surface area (Å²) in [5, 5.41) is 3.49. The van der Waals surface area contributed by atoms with Crippen molar-refractivity contribution in [3.05, 3.63) is 0 Å². The SMILES string of the molecule is CC1(C)CCC(N2CCCNCCC2)C1. The van der Waals surface area contributed by atoms with Gasteiger partial charge in [-0.2, -0.15) is 0 Å². The van der Waals surface area contributed by atoms with Crippen molar-refractivity contribution in [2.75, 3.05) is 26.2 Å². The van der Waals surface area contributed by atoms with E-state index in [-0.39, 0.29) is 0 Å². The molecule has 1 saturated carbocycles. The van der Waals surface area contributed by atoms with E-state index in [4.69, 9.17) is 0 Å². The Hall–Kier alpha value is -0.0800. The summed E-state index contributed by atoms with van der Waals surface area (Å²) in [6.07, 6.45) is 6.93. The van der Waals surface area contributed by atoms with Crippen LogP contribution in [0.25, 0.3) is 0 Å². The molecule has 2 heteroatoms. The van der Waals surface area contributed by atoms with Gasteiger partial charge >= 0.3 is 0 Å². The minimum absolute atomic E-state index is 0.602. The largest absolute Gasteiger partial charge is 0.317 e. The van der Waals surface area contributed by atoms with Crippen LogP contribution in [-0.4, -0.2) is 37.1 Å². The number of hydrogen-bond donors (Lipinski definition) is 1. The van der Waals surface area contributed by atoms with Gasteiger partial charge in [-0.25, -0.2) is 0 Å². The zero-order chi connectivity index (χ0) is 10.7. The molecule has 1 heterocycles. The Balaban J connectivity index is 1.86. The predicted octanol–water partition coefficient (Wildman–Crippen LogP) is 2.25. The molecule has 0 aromatic carbocycles. The van der Waals surface area contributed by atoms with E-state index in [0.717, 1.165) is 6.04 Å². The molecule has 1 N–H and O–H groups in total. The monoisotopic (exact) mass is 210 g/mol. The Bertz CT molecular complexity index is 193. The van der Waals surface area contributed by atoms with Crippen LogP contribution in [0, 0.1) is 5.41 Å². The lowest BCUT2D eigenvalue weighted by molar-refractivity contribution is 0.174. The average molecular weight is 210 g/mol. The van der Waals surface area contributed by atoms with E-state index in [0.29, 0.717) is 5.41 Å². The third-order valence-corrected chi connectivity index (χ3v) is 4.06. The topological polar surface area (TPSA) is 15.3 Å². The summed E-state index contributed by atoms with van der Waals surface area (Å²) in [7, 11) is 0. The standard InChI is InChI=1S/C13H26N2/c1-13(2)6-5-12(11-13)15-9-3-7-14-8-4-10-15/h12,14H,3-11H2,1-2H3. The fourth-order valence-corrected chi connectivity index (χ4v) is 3.13. The van der Waals surface area contributed by atoms with Crippen molar-refractivity contribution in [1.82, 2.24) is 10.2 Å². The molecule has 1 aliphatic carbocycles. The van der Waals surface area contributed by atoms with Crippen molar-refractivity contribution in [2.45, 2.75) is 52.0 Å². The predicted molar refractivity (Wildman–Crippen MR) is 65.1 cm³/mol. The van der Waals surface area contributed by atoms with Gasteiger partial charge in [-0.1, -0.05) is 13.8 Å². The van der Waals surface area contributed by atoms with Gasteiger partial charge in [0.15, 0.2) is 0 Å². The molecule has 1 unspecified atom stereocenters. The number of nitrogens with zero attached hydrogens (tertiary/aromatic N) is 1. The molecule has 2 nitrogen and oxygen atoms in total.